The SMILES string of the molecule is Cc1cc(I)cc(F)c1CN. The maximum absolute atomic E-state index is 13.0. The summed E-state index contributed by atoms with van der Waals surface area (Å²) in [6.07, 6.45) is 0. The van der Waals surface area contributed by atoms with Crippen molar-refractivity contribution in [3.63, 3.8) is 0 Å². The van der Waals surface area contributed by atoms with Gasteiger partial charge in [0, 0.05) is 15.7 Å². The Morgan fingerprint density at radius 1 is 1.55 bits per heavy atom. The smallest absolute Gasteiger partial charge is 0.129 e. The van der Waals surface area contributed by atoms with Crippen LogP contribution in [0.4, 0.5) is 4.39 Å². The van der Waals surface area contributed by atoms with Crippen LogP contribution in [0.25, 0.3) is 0 Å². The molecule has 0 amide bonds. The molecular formula is C8H9FIN. The Hall–Kier alpha value is -0.160. The second-order valence-electron chi connectivity index (χ2n) is 2.39. The van der Waals surface area contributed by atoms with Crippen LogP contribution < -0.4 is 5.73 Å². The monoisotopic (exact) mass is 265 g/mol. The first-order chi connectivity index (χ1) is 5.15. The first kappa shape index (κ1) is 8.93. The molecule has 1 nitrogen and oxygen atoms in total. The zero-order valence-electron chi connectivity index (χ0n) is 6.20. The van der Waals surface area contributed by atoms with Crippen LogP contribution in [-0.4, -0.2) is 0 Å². The maximum atomic E-state index is 13.0. The van der Waals surface area contributed by atoms with Gasteiger partial charge in [0.15, 0.2) is 0 Å². The van der Waals surface area contributed by atoms with Crippen LogP contribution >= 0.6 is 22.6 Å². The number of aryl methyl sites for hydroxylation is 1. The number of benzene rings is 1. The fraction of sp³-hybridized carbons (Fsp3) is 0.250. The van der Waals surface area contributed by atoms with E-state index in [0.29, 0.717) is 5.56 Å². The summed E-state index contributed by atoms with van der Waals surface area (Å²) in [5.41, 5.74) is 6.90. The molecule has 0 aliphatic heterocycles. The van der Waals surface area contributed by atoms with Gasteiger partial charge in [-0.25, -0.2) is 4.39 Å². The number of rotatable bonds is 1. The van der Waals surface area contributed by atoms with Gasteiger partial charge in [-0.2, -0.15) is 0 Å². The van der Waals surface area contributed by atoms with Crippen molar-refractivity contribution in [2.45, 2.75) is 13.5 Å². The Bertz CT molecular complexity index is 250. The van der Waals surface area contributed by atoms with E-state index in [4.69, 9.17) is 5.73 Å². The second kappa shape index (κ2) is 3.49. The van der Waals surface area contributed by atoms with Crippen LogP contribution in [0, 0.1) is 16.3 Å². The predicted molar refractivity (Wildman–Crippen MR) is 51.7 cm³/mol. The highest BCUT2D eigenvalue weighted by Gasteiger charge is 2.04. The van der Waals surface area contributed by atoms with E-state index in [2.05, 4.69) is 22.6 Å². The summed E-state index contributed by atoms with van der Waals surface area (Å²) in [4.78, 5) is 0. The van der Waals surface area contributed by atoms with Gasteiger partial charge in [-0.3, -0.25) is 0 Å². The lowest BCUT2D eigenvalue weighted by Crippen LogP contribution is -2.02. The van der Waals surface area contributed by atoms with Crippen LogP contribution in [0.15, 0.2) is 12.1 Å². The number of halogens is 2. The van der Waals surface area contributed by atoms with E-state index in [0.717, 1.165) is 9.13 Å². The van der Waals surface area contributed by atoms with Gasteiger partial charge < -0.3 is 5.73 Å². The minimum absolute atomic E-state index is 0.197. The van der Waals surface area contributed by atoms with Gasteiger partial charge in [0.25, 0.3) is 0 Å². The molecular weight excluding hydrogens is 256 g/mol. The molecule has 1 aromatic carbocycles. The van der Waals surface area contributed by atoms with Crippen molar-refractivity contribution in [3.05, 3.63) is 32.6 Å². The molecule has 3 heteroatoms. The first-order valence-electron chi connectivity index (χ1n) is 3.29. The molecule has 0 saturated carbocycles. The lowest BCUT2D eigenvalue weighted by molar-refractivity contribution is 0.607. The summed E-state index contributed by atoms with van der Waals surface area (Å²) < 4.78 is 13.9. The van der Waals surface area contributed by atoms with Crippen LogP contribution in [0.2, 0.25) is 0 Å². The summed E-state index contributed by atoms with van der Waals surface area (Å²) in [5, 5.41) is 0. The summed E-state index contributed by atoms with van der Waals surface area (Å²) >= 11 is 2.08. The van der Waals surface area contributed by atoms with Crippen molar-refractivity contribution in [2.24, 2.45) is 5.73 Å². The third-order valence-electron chi connectivity index (χ3n) is 1.59. The van der Waals surface area contributed by atoms with Crippen molar-refractivity contribution < 1.29 is 4.39 Å². The highest BCUT2D eigenvalue weighted by atomic mass is 127. The summed E-state index contributed by atoms with van der Waals surface area (Å²) in [6.45, 7) is 2.14. The molecule has 0 fully saturated rings. The van der Waals surface area contributed by atoms with E-state index < -0.39 is 0 Å². The van der Waals surface area contributed by atoms with Crippen molar-refractivity contribution in [2.75, 3.05) is 0 Å². The number of hydrogen-bond acceptors (Lipinski definition) is 1. The Balaban J connectivity index is 3.25. The van der Waals surface area contributed by atoms with Crippen molar-refractivity contribution in [3.8, 4) is 0 Å². The van der Waals surface area contributed by atoms with Crippen LogP contribution in [-0.2, 0) is 6.54 Å². The van der Waals surface area contributed by atoms with Crippen LogP contribution in [0.3, 0.4) is 0 Å². The van der Waals surface area contributed by atoms with Gasteiger partial charge in [-0.05, 0) is 47.2 Å². The van der Waals surface area contributed by atoms with E-state index in [1.54, 1.807) is 0 Å². The van der Waals surface area contributed by atoms with Gasteiger partial charge in [0.1, 0.15) is 5.82 Å². The zero-order chi connectivity index (χ0) is 8.43. The minimum atomic E-state index is -0.197. The van der Waals surface area contributed by atoms with Gasteiger partial charge in [0.2, 0.25) is 0 Å². The Labute approximate surface area is 78.9 Å². The third-order valence-corrected chi connectivity index (χ3v) is 2.21. The first-order valence-corrected chi connectivity index (χ1v) is 4.37. The summed E-state index contributed by atoms with van der Waals surface area (Å²) in [6, 6.07) is 3.42. The summed E-state index contributed by atoms with van der Waals surface area (Å²) in [5.74, 6) is -0.197. The van der Waals surface area contributed by atoms with E-state index in [-0.39, 0.29) is 12.4 Å². The maximum Gasteiger partial charge on any atom is 0.129 e. The Morgan fingerprint density at radius 3 is 2.64 bits per heavy atom. The fourth-order valence-electron chi connectivity index (χ4n) is 0.991. The molecule has 0 aliphatic rings. The molecule has 2 N–H and O–H groups in total. The normalized spacial score (nSPS) is 10.2. The highest BCUT2D eigenvalue weighted by Crippen LogP contribution is 2.16. The van der Waals surface area contributed by atoms with Gasteiger partial charge in [0.05, 0.1) is 0 Å². The molecule has 0 aliphatic carbocycles. The molecule has 0 spiro atoms. The summed E-state index contributed by atoms with van der Waals surface area (Å²) in [7, 11) is 0. The molecule has 60 valence electrons. The van der Waals surface area contributed by atoms with Crippen molar-refractivity contribution >= 4 is 22.6 Å². The zero-order valence-corrected chi connectivity index (χ0v) is 8.35. The quantitative estimate of drug-likeness (QED) is 0.774. The average Bonchev–Trinajstić information content (AvgIpc) is 1.85. The van der Waals surface area contributed by atoms with Gasteiger partial charge >= 0.3 is 0 Å². The number of nitrogens with two attached hydrogens (primary N) is 1. The predicted octanol–water partition coefficient (Wildman–Crippen LogP) is 2.20. The van der Waals surface area contributed by atoms with E-state index in [1.165, 1.54) is 6.07 Å². The third kappa shape index (κ3) is 1.90. The Morgan fingerprint density at radius 2 is 2.18 bits per heavy atom. The van der Waals surface area contributed by atoms with E-state index >= 15 is 0 Å². The fourth-order valence-corrected chi connectivity index (χ4v) is 1.73. The topological polar surface area (TPSA) is 26.0 Å². The highest BCUT2D eigenvalue weighted by molar-refractivity contribution is 14.1. The molecule has 0 unspecified atom stereocenters. The molecule has 11 heavy (non-hydrogen) atoms. The Kier molecular flexibility index (Phi) is 2.84. The standard InChI is InChI=1S/C8H9FIN/c1-5-2-6(10)3-8(9)7(5)4-11/h2-3H,4,11H2,1H3. The molecule has 1 rings (SSSR count). The molecule has 0 aromatic heterocycles. The molecule has 0 saturated heterocycles. The lowest BCUT2D eigenvalue weighted by atomic mass is 10.1. The van der Waals surface area contributed by atoms with E-state index in [9.17, 15) is 4.39 Å². The van der Waals surface area contributed by atoms with E-state index in [1.807, 2.05) is 13.0 Å². The van der Waals surface area contributed by atoms with Crippen LogP contribution in [0.1, 0.15) is 11.1 Å². The van der Waals surface area contributed by atoms with Gasteiger partial charge in [-0.1, -0.05) is 0 Å². The second-order valence-corrected chi connectivity index (χ2v) is 3.63. The number of hydrogen-bond donors (Lipinski definition) is 1. The minimum Gasteiger partial charge on any atom is -0.326 e. The molecule has 1 aromatic rings. The largest absolute Gasteiger partial charge is 0.326 e. The van der Waals surface area contributed by atoms with Crippen molar-refractivity contribution in [1.82, 2.24) is 0 Å². The van der Waals surface area contributed by atoms with Crippen molar-refractivity contribution in [1.29, 1.82) is 0 Å². The van der Waals surface area contributed by atoms with Crippen LogP contribution in [0.5, 0.6) is 0 Å². The molecule has 0 bridgehead atoms. The lowest BCUT2D eigenvalue weighted by Gasteiger charge is -2.04. The molecule has 0 radical (unpaired) electrons. The van der Waals surface area contributed by atoms with Gasteiger partial charge in [-0.15, -0.1) is 0 Å². The average molecular weight is 265 g/mol. The molecule has 0 atom stereocenters. The molecule has 0 heterocycles.